The van der Waals surface area contributed by atoms with Crippen molar-refractivity contribution in [2.75, 3.05) is 0 Å². The smallest absolute Gasteiger partial charge is 0.0461 e. The molecule has 3 heteroatoms. The van der Waals surface area contributed by atoms with Crippen LogP contribution in [0, 0.1) is 0 Å². The van der Waals surface area contributed by atoms with Crippen molar-refractivity contribution in [3.05, 3.63) is 91.1 Å². The number of fused-ring (bicyclic) bond motifs is 1. The highest BCUT2D eigenvalue weighted by Crippen LogP contribution is 2.44. The van der Waals surface area contributed by atoms with E-state index >= 15 is 0 Å². The summed E-state index contributed by atoms with van der Waals surface area (Å²) < 4.78 is 0. The number of nitrogens with one attached hydrogen (secondary N) is 1. The van der Waals surface area contributed by atoms with E-state index in [-0.39, 0.29) is 0 Å². The van der Waals surface area contributed by atoms with Gasteiger partial charge < -0.3 is 4.98 Å². The van der Waals surface area contributed by atoms with Gasteiger partial charge in [0.15, 0.2) is 0 Å². The molecule has 4 rings (SSSR count). The van der Waals surface area contributed by atoms with E-state index in [4.69, 9.17) is 11.8 Å². The molecule has 112 valence electrons. The van der Waals surface area contributed by atoms with Crippen LogP contribution in [0.4, 0.5) is 0 Å². The maximum absolute atomic E-state index is 6.37. The van der Waals surface area contributed by atoms with E-state index in [0.29, 0.717) is 0 Å². The van der Waals surface area contributed by atoms with Crippen molar-refractivity contribution < 1.29 is 0 Å². The van der Waals surface area contributed by atoms with Gasteiger partial charge in [0.1, 0.15) is 0 Å². The minimum absolute atomic E-state index is 1.14. The molecule has 0 unspecified atom stereocenters. The molecule has 1 heterocycles. The molecular formula is C20H16NPS. The molecule has 1 nitrogen and oxygen atoms in total. The third-order valence-electron chi connectivity index (χ3n) is 4.15. The van der Waals surface area contributed by atoms with Crippen LogP contribution >= 0.6 is 6.04 Å². The molecule has 0 bridgehead atoms. The maximum atomic E-state index is 6.37. The van der Waals surface area contributed by atoms with E-state index in [2.05, 4.69) is 84.0 Å². The number of H-pyrrole nitrogens is 1. The van der Waals surface area contributed by atoms with E-state index < -0.39 is 6.04 Å². The van der Waals surface area contributed by atoms with E-state index in [1.807, 2.05) is 12.1 Å². The van der Waals surface area contributed by atoms with Crippen LogP contribution in [-0.4, -0.2) is 4.98 Å². The summed E-state index contributed by atoms with van der Waals surface area (Å²) in [4.78, 5) is 3.39. The largest absolute Gasteiger partial charge is 0.360 e. The Balaban J connectivity index is 2.06. The summed E-state index contributed by atoms with van der Waals surface area (Å²) in [5.41, 5.74) is 1.14. The van der Waals surface area contributed by atoms with Crippen molar-refractivity contribution in [3.8, 4) is 0 Å². The second kappa shape index (κ2) is 5.81. The van der Waals surface area contributed by atoms with E-state index in [0.717, 1.165) is 5.52 Å². The topological polar surface area (TPSA) is 15.8 Å². The molecule has 1 aromatic heterocycles. The lowest BCUT2D eigenvalue weighted by molar-refractivity contribution is 1.49. The van der Waals surface area contributed by atoms with Crippen LogP contribution in [0.5, 0.6) is 0 Å². The van der Waals surface area contributed by atoms with Crippen molar-refractivity contribution in [1.29, 1.82) is 0 Å². The number of aromatic nitrogens is 1. The zero-order valence-corrected chi connectivity index (χ0v) is 14.2. The van der Waals surface area contributed by atoms with Crippen molar-refractivity contribution in [1.82, 2.24) is 4.98 Å². The first-order chi connectivity index (χ1) is 11.3. The van der Waals surface area contributed by atoms with Gasteiger partial charge >= 0.3 is 0 Å². The molecule has 4 aromatic rings. The summed E-state index contributed by atoms with van der Waals surface area (Å²) in [7, 11) is 0. The molecule has 0 radical (unpaired) electrons. The van der Waals surface area contributed by atoms with Crippen LogP contribution in [0.3, 0.4) is 0 Å². The highest BCUT2D eigenvalue weighted by Gasteiger charge is 2.27. The lowest BCUT2D eigenvalue weighted by Gasteiger charge is -2.23. The molecule has 0 amide bonds. The summed E-state index contributed by atoms with van der Waals surface area (Å²) in [6, 6.07) is 27.4. The van der Waals surface area contributed by atoms with Crippen LogP contribution in [0.25, 0.3) is 10.9 Å². The van der Waals surface area contributed by atoms with Crippen LogP contribution in [-0.2, 0) is 11.8 Å². The van der Waals surface area contributed by atoms with Gasteiger partial charge in [-0.15, -0.1) is 0 Å². The Morgan fingerprint density at radius 2 is 1.17 bits per heavy atom. The fourth-order valence-corrected chi connectivity index (χ4v) is 7.02. The molecule has 0 aliphatic rings. The number of rotatable bonds is 3. The van der Waals surface area contributed by atoms with Gasteiger partial charge in [-0.3, -0.25) is 0 Å². The number of aromatic amines is 1. The first-order valence-corrected chi connectivity index (χ1v) is 10.4. The first kappa shape index (κ1) is 14.4. The number of para-hydroxylation sites is 1. The Hall–Kier alpha value is -2.15. The minimum atomic E-state index is -2.07. The quantitative estimate of drug-likeness (QED) is 0.562. The number of benzene rings is 3. The average molecular weight is 333 g/mol. The maximum Gasteiger partial charge on any atom is 0.0461 e. The monoisotopic (exact) mass is 333 g/mol. The number of hydrogen-bond acceptors (Lipinski definition) is 1. The standard InChI is InChI=1S/C20H16NPS/c23-22(16-9-3-1-4-10-16,17-11-5-2-6-12-17)20-15-21-19-14-8-7-13-18(19)20/h1-15,21H. The Bertz CT molecular complexity index is 946. The summed E-state index contributed by atoms with van der Waals surface area (Å²) in [5, 5.41) is 4.92. The van der Waals surface area contributed by atoms with E-state index in [1.165, 1.54) is 21.3 Å². The van der Waals surface area contributed by atoms with Crippen LogP contribution in [0.2, 0.25) is 0 Å². The lowest BCUT2D eigenvalue weighted by Crippen LogP contribution is -2.24. The van der Waals surface area contributed by atoms with Gasteiger partial charge in [-0.1, -0.05) is 90.7 Å². The normalized spacial score (nSPS) is 11.7. The van der Waals surface area contributed by atoms with Gasteiger partial charge in [0.05, 0.1) is 0 Å². The van der Waals surface area contributed by atoms with Crippen molar-refractivity contribution >= 4 is 44.7 Å². The fraction of sp³-hybridized carbons (Fsp3) is 0. The SMILES string of the molecule is S=P(c1ccccc1)(c1ccccc1)c1c[nH]c2ccccc12. The highest BCUT2D eigenvalue weighted by molar-refractivity contribution is 8.25. The molecule has 0 fully saturated rings. The zero-order chi connectivity index (χ0) is 15.7. The second-order valence-electron chi connectivity index (χ2n) is 5.50. The lowest BCUT2D eigenvalue weighted by atomic mass is 10.2. The molecule has 0 spiro atoms. The zero-order valence-electron chi connectivity index (χ0n) is 12.5. The van der Waals surface area contributed by atoms with Gasteiger partial charge in [0.2, 0.25) is 0 Å². The van der Waals surface area contributed by atoms with Crippen molar-refractivity contribution in [2.24, 2.45) is 0 Å². The summed E-state index contributed by atoms with van der Waals surface area (Å²) >= 11 is 6.37. The molecule has 0 saturated heterocycles. The van der Waals surface area contributed by atoms with Crippen LogP contribution in [0.1, 0.15) is 0 Å². The number of hydrogen-bond donors (Lipinski definition) is 1. The van der Waals surface area contributed by atoms with E-state index in [1.54, 1.807) is 0 Å². The molecule has 0 atom stereocenters. The third-order valence-corrected chi connectivity index (χ3v) is 9.10. The molecular weight excluding hydrogens is 317 g/mol. The van der Waals surface area contributed by atoms with Gasteiger partial charge in [-0.2, -0.15) is 0 Å². The Morgan fingerprint density at radius 3 is 1.78 bits per heavy atom. The summed E-state index contributed by atoms with van der Waals surface area (Å²) in [6.45, 7) is 0. The summed E-state index contributed by atoms with van der Waals surface area (Å²) in [5.74, 6) is 0. The summed E-state index contributed by atoms with van der Waals surface area (Å²) in [6.07, 6.45) is 2.10. The van der Waals surface area contributed by atoms with Gasteiger partial charge in [-0.25, -0.2) is 0 Å². The van der Waals surface area contributed by atoms with Crippen LogP contribution in [0.15, 0.2) is 91.1 Å². The van der Waals surface area contributed by atoms with Crippen LogP contribution < -0.4 is 15.9 Å². The Kier molecular flexibility index (Phi) is 3.65. The molecule has 1 N–H and O–H groups in total. The molecule has 23 heavy (non-hydrogen) atoms. The Labute approximate surface area is 141 Å². The highest BCUT2D eigenvalue weighted by atomic mass is 32.4. The molecule has 0 aliphatic carbocycles. The fourth-order valence-electron chi connectivity index (χ4n) is 3.02. The van der Waals surface area contributed by atoms with Crippen molar-refractivity contribution in [2.45, 2.75) is 0 Å². The third kappa shape index (κ3) is 2.35. The Morgan fingerprint density at radius 1 is 0.652 bits per heavy atom. The molecule has 0 saturated carbocycles. The van der Waals surface area contributed by atoms with Crippen molar-refractivity contribution in [3.63, 3.8) is 0 Å². The molecule has 0 aliphatic heterocycles. The predicted octanol–water partition coefficient (Wildman–Crippen LogP) is 3.92. The van der Waals surface area contributed by atoms with Gasteiger partial charge in [0.25, 0.3) is 0 Å². The minimum Gasteiger partial charge on any atom is -0.360 e. The van der Waals surface area contributed by atoms with E-state index in [9.17, 15) is 0 Å². The van der Waals surface area contributed by atoms with Gasteiger partial charge in [-0.05, 0) is 16.7 Å². The average Bonchev–Trinajstić information content (AvgIpc) is 3.07. The second-order valence-corrected chi connectivity index (χ2v) is 9.88. The van der Waals surface area contributed by atoms with Gasteiger partial charge in [0, 0.05) is 28.4 Å². The molecule has 3 aromatic carbocycles. The first-order valence-electron chi connectivity index (χ1n) is 7.58. The predicted molar refractivity (Wildman–Crippen MR) is 104 cm³/mol.